The molecule has 1 unspecified atom stereocenters. The highest BCUT2D eigenvalue weighted by molar-refractivity contribution is 5.84. The quantitative estimate of drug-likeness (QED) is 0.825. The van der Waals surface area contributed by atoms with E-state index in [9.17, 15) is 4.79 Å². The van der Waals surface area contributed by atoms with Crippen molar-refractivity contribution in [3.8, 4) is 5.75 Å². The second-order valence-corrected chi connectivity index (χ2v) is 5.80. The first-order valence-electron chi connectivity index (χ1n) is 7.56. The minimum absolute atomic E-state index is 0.0499. The second kappa shape index (κ2) is 6.83. The van der Waals surface area contributed by atoms with Gasteiger partial charge in [-0.05, 0) is 44.0 Å². The fourth-order valence-electron chi connectivity index (χ4n) is 2.55. The smallest absolute Gasteiger partial charge is 0.240 e. The Labute approximate surface area is 130 Å². The summed E-state index contributed by atoms with van der Waals surface area (Å²) in [6, 6.07) is 7.76. The summed E-state index contributed by atoms with van der Waals surface area (Å²) in [5, 5.41) is 13.2. The molecule has 1 amide bonds. The molecule has 5 heteroatoms. The van der Waals surface area contributed by atoms with Crippen LogP contribution in [-0.4, -0.2) is 34.8 Å². The van der Waals surface area contributed by atoms with Crippen LogP contribution in [0.4, 0.5) is 0 Å². The predicted octanol–water partition coefficient (Wildman–Crippen LogP) is 2.32. The molecule has 22 heavy (non-hydrogen) atoms. The molecule has 0 radical (unpaired) electrons. The lowest BCUT2D eigenvalue weighted by Crippen LogP contribution is -2.47. The van der Waals surface area contributed by atoms with Gasteiger partial charge in [0, 0.05) is 29.2 Å². The van der Waals surface area contributed by atoms with Gasteiger partial charge < -0.3 is 19.7 Å². The number of amides is 1. The highest BCUT2D eigenvalue weighted by atomic mass is 16.5. The maximum Gasteiger partial charge on any atom is 0.240 e. The van der Waals surface area contributed by atoms with Crippen LogP contribution < -0.4 is 10.1 Å². The molecule has 0 spiro atoms. The van der Waals surface area contributed by atoms with Crippen molar-refractivity contribution < 1.29 is 14.6 Å². The topological polar surface area (TPSA) is 63.5 Å². The number of nitrogens with one attached hydrogen (secondary N) is 1. The summed E-state index contributed by atoms with van der Waals surface area (Å²) in [6.45, 7) is 4.29. The normalized spacial score (nSPS) is 13.8. The summed E-state index contributed by atoms with van der Waals surface area (Å²) in [5.74, 6) is 0.752. The summed E-state index contributed by atoms with van der Waals surface area (Å²) < 4.78 is 7.12. The lowest BCUT2D eigenvalue weighted by molar-refractivity contribution is -0.123. The van der Waals surface area contributed by atoms with Gasteiger partial charge in [0.05, 0.1) is 7.11 Å². The number of hydrogen-bond donors (Lipinski definition) is 2. The third-order valence-electron chi connectivity index (χ3n) is 4.18. The minimum atomic E-state index is -0.363. The third-order valence-corrected chi connectivity index (χ3v) is 4.18. The van der Waals surface area contributed by atoms with Crippen molar-refractivity contribution in [3.63, 3.8) is 0 Å². The molecule has 0 bridgehead atoms. The van der Waals surface area contributed by atoms with Crippen molar-refractivity contribution in [2.75, 3.05) is 13.7 Å². The molecule has 1 atom stereocenters. The SMILES string of the molecule is CCC(C)(CCO)NC(=O)Cn1ccc2cc(OC)ccc21. The molecule has 1 aromatic heterocycles. The molecule has 1 aromatic carbocycles. The Balaban J connectivity index is 2.12. The van der Waals surface area contributed by atoms with E-state index < -0.39 is 0 Å². The average Bonchev–Trinajstić information content (AvgIpc) is 2.89. The number of rotatable bonds is 7. The zero-order chi connectivity index (χ0) is 16.2. The van der Waals surface area contributed by atoms with Crippen molar-refractivity contribution in [1.29, 1.82) is 0 Å². The van der Waals surface area contributed by atoms with Crippen molar-refractivity contribution in [2.45, 2.75) is 38.8 Å². The van der Waals surface area contributed by atoms with Crippen LogP contribution in [0.25, 0.3) is 10.9 Å². The van der Waals surface area contributed by atoms with Gasteiger partial charge in [-0.3, -0.25) is 4.79 Å². The van der Waals surface area contributed by atoms with Crippen LogP contribution in [0.5, 0.6) is 5.75 Å². The number of aliphatic hydroxyl groups excluding tert-OH is 1. The fraction of sp³-hybridized carbons (Fsp3) is 0.471. The number of ether oxygens (including phenoxy) is 1. The molecule has 5 nitrogen and oxygen atoms in total. The first kappa shape index (κ1) is 16.4. The number of carbonyl (C=O) groups is 1. The highest BCUT2D eigenvalue weighted by Crippen LogP contribution is 2.22. The number of fused-ring (bicyclic) bond motifs is 1. The molecule has 2 aromatic rings. The summed E-state index contributed by atoms with van der Waals surface area (Å²) >= 11 is 0. The lowest BCUT2D eigenvalue weighted by atomic mass is 9.95. The van der Waals surface area contributed by atoms with E-state index in [-0.39, 0.29) is 24.6 Å². The van der Waals surface area contributed by atoms with E-state index in [4.69, 9.17) is 9.84 Å². The number of benzene rings is 1. The van der Waals surface area contributed by atoms with Crippen LogP contribution in [0.15, 0.2) is 30.5 Å². The van der Waals surface area contributed by atoms with Crippen LogP contribution in [0, 0.1) is 0 Å². The van der Waals surface area contributed by atoms with E-state index >= 15 is 0 Å². The van der Waals surface area contributed by atoms with Crippen molar-refractivity contribution >= 4 is 16.8 Å². The number of aliphatic hydroxyl groups is 1. The van der Waals surface area contributed by atoms with Gasteiger partial charge >= 0.3 is 0 Å². The Kier molecular flexibility index (Phi) is 5.08. The van der Waals surface area contributed by atoms with Crippen molar-refractivity contribution in [1.82, 2.24) is 9.88 Å². The van der Waals surface area contributed by atoms with Crippen LogP contribution in [0.3, 0.4) is 0 Å². The van der Waals surface area contributed by atoms with Crippen LogP contribution in [0.2, 0.25) is 0 Å². The van der Waals surface area contributed by atoms with Gasteiger partial charge in [0.2, 0.25) is 5.91 Å². The summed E-state index contributed by atoms with van der Waals surface area (Å²) in [5.41, 5.74) is 0.633. The molecule has 0 fully saturated rings. The summed E-state index contributed by atoms with van der Waals surface area (Å²) in [6.07, 6.45) is 3.24. The lowest BCUT2D eigenvalue weighted by Gasteiger charge is -2.29. The minimum Gasteiger partial charge on any atom is -0.497 e. The van der Waals surface area contributed by atoms with Gasteiger partial charge in [0.15, 0.2) is 0 Å². The molecular formula is C17H24N2O3. The van der Waals surface area contributed by atoms with E-state index in [1.54, 1.807) is 7.11 Å². The Hall–Kier alpha value is -2.01. The molecule has 0 aliphatic rings. The number of nitrogens with zero attached hydrogens (tertiary/aromatic N) is 1. The van der Waals surface area contributed by atoms with E-state index in [0.717, 1.165) is 23.1 Å². The van der Waals surface area contributed by atoms with Gasteiger partial charge in [-0.1, -0.05) is 6.92 Å². The molecule has 2 N–H and O–H groups in total. The zero-order valence-corrected chi connectivity index (χ0v) is 13.4. The van der Waals surface area contributed by atoms with E-state index in [2.05, 4.69) is 5.32 Å². The first-order valence-corrected chi connectivity index (χ1v) is 7.56. The van der Waals surface area contributed by atoms with Crippen LogP contribution in [0.1, 0.15) is 26.7 Å². The number of hydrogen-bond acceptors (Lipinski definition) is 3. The highest BCUT2D eigenvalue weighted by Gasteiger charge is 2.23. The molecule has 0 aliphatic heterocycles. The Bertz CT molecular complexity index is 650. The fourth-order valence-corrected chi connectivity index (χ4v) is 2.55. The van der Waals surface area contributed by atoms with Gasteiger partial charge in [0.25, 0.3) is 0 Å². The second-order valence-electron chi connectivity index (χ2n) is 5.80. The monoisotopic (exact) mass is 304 g/mol. The molecule has 0 saturated carbocycles. The van der Waals surface area contributed by atoms with E-state index in [1.165, 1.54) is 0 Å². The largest absolute Gasteiger partial charge is 0.497 e. The van der Waals surface area contributed by atoms with Gasteiger partial charge in [0.1, 0.15) is 12.3 Å². The maximum absolute atomic E-state index is 12.3. The van der Waals surface area contributed by atoms with Crippen molar-refractivity contribution in [2.24, 2.45) is 0 Å². The third kappa shape index (κ3) is 3.60. The maximum atomic E-state index is 12.3. The van der Waals surface area contributed by atoms with Gasteiger partial charge in [-0.15, -0.1) is 0 Å². The van der Waals surface area contributed by atoms with Gasteiger partial charge in [-0.25, -0.2) is 0 Å². The number of carbonyl (C=O) groups excluding carboxylic acids is 1. The number of methoxy groups -OCH3 is 1. The Morgan fingerprint density at radius 3 is 2.82 bits per heavy atom. The zero-order valence-electron chi connectivity index (χ0n) is 13.4. The number of aromatic nitrogens is 1. The summed E-state index contributed by atoms with van der Waals surface area (Å²) in [7, 11) is 1.64. The molecule has 0 aliphatic carbocycles. The van der Waals surface area contributed by atoms with Crippen molar-refractivity contribution in [3.05, 3.63) is 30.5 Å². The first-order chi connectivity index (χ1) is 10.5. The van der Waals surface area contributed by atoms with Crippen LogP contribution >= 0.6 is 0 Å². The predicted molar refractivity (Wildman–Crippen MR) is 87.0 cm³/mol. The molecule has 0 saturated heterocycles. The van der Waals surface area contributed by atoms with E-state index in [0.29, 0.717) is 6.42 Å². The average molecular weight is 304 g/mol. The molecular weight excluding hydrogens is 280 g/mol. The van der Waals surface area contributed by atoms with Gasteiger partial charge in [-0.2, -0.15) is 0 Å². The molecule has 1 heterocycles. The molecule has 2 rings (SSSR count). The summed E-state index contributed by atoms with van der Waals surface area (Å²) in [4.78, 5) is 12.3. The van der Waals surface area contributed by atoms with Crippen LogP contribution in [-0.2, 0) is 11.3 Å². The standard InChI is InChI=1S/C17H24N2O3/c1-4-17(2,8-10-20)18-16(21)12-19-9-7-13-11-14(22-3)5-6-15(13)19/h5-7,9,11,20H,4,8,10,12H2,1-3H3,(H,18,21). The molecule has 120 valence electrons. The van der Waals surface area contributed by atoms with E-state index in [1.807, 2.05) is 48.9 Å². The Morgan fingerprint density at radius 1 is 1.41 bits per heavy atom. The Morgan fingerprint density at radius 2 is 2.18 bits per heavy atom.